The first-order valence-corrected chi connectivity index (χ1v) is 9.51. The van der Waals surface area contributed by atoms with E-state index in [4.69, 9.17) is 0 Å². The molecule has 0 aliphatic heterocycles. The van der Waals surface area contributed by atoms with Gasteiger partial charge in [0.05, 0.1) is 10.6 Å². The summed E-state index contributed by atoms with van der Waals surface area (Å²) in [6.07, 6.45) is 4.22. The van der Waals surface area contributed by atoms with Crippen LogP contribution in [0.3, 0.4) is 0 Å². The zero-order valence-corrected chi connectivity index (χ0v) is 14.1. The monoisotopic (exact) mass is 346 g/mol. The number of anilines is 2. The Kier molecular flexibility index (Phi) is 4.10. The second-order valence-electron chi connectivity index (χ2n) is 4.98. The van der Waals surface area contributed by atoms with Crippen LogP contribution in [0.25, 0.3) is 11.4 Å². The lowest BCUT2D eigenvalue weighted by Crippen LogP contribution is -1.98. The number of nitrogens with zero attached hydrogens (tertiary/aromatic N) is 3. The molecule has 118 valence electrons. The Labute approximate surface area is 138 Å². The van der Waals surface area contributed by atoms with Crippen LogP contribution in [-0.4, -0.2) is 29.6 Å². The largest absolute Gasteiger partial charge is 0.316 e. The van der Waals surface area contributed by atoms with Gasteiger partial charge in [-0.15, -0.1) is 11.3 Å². The third-order valence-corrected chi connectivity index (χ3v) is 5.02. The molecule has 0 spiro atoms. The first-order valence-electron chi connectivity index (χ1n) is 6.74. The summed E-state index contributed by atoms with van der Waals surface area (Å²) in [4.78, 5) is 13.1. The van der Waals surface area contributed by atoms with Crippen LogP contribution in [0.4, 0.5) is 10.9 Å². The third-order valence-electron chi connectivity index (χ3n) is 3.17. The molecule has 23 heavy (non-hydrogen) atoms. The highest BCUT2D eigenvalue weighted by atomic mass is 32.2. The number of nitrogens with one attached hydrogen (secondary N) is 1. The maximum Gasteiger partial charge on any atom is 0.188 e. The molecule has 3 aromatic rings. The number of aryl methyl sites for hydroxylation is 1. The first kappa shape index (κ1) is 15.6. The second-order valence-corrected chi connectivity index (χ2v) is 7.86. The zero-order chi connectivity index (χ0) is 16.4. The van der Waals surface area contributed by atoms with Crippen LogP contribution in [0.15, 0.2) is 46.9 Å². The normalized spacial score (nSPS) is 11.4. The summed E-state index contributed by atoms with van der Waals surface area (Å²) in [5.74, 6) is 0.758. The van der Waals surface area contributed by atoms with Crippen molar-refractivity contribution in [2.45, 2.75) is 11.8 Å². The maximum absolute atomic E-state index is 11.4. The molecular formula is C15H14N4O2S2. The van der Waals surface area contributed by atoms with Crippen molar-refractivity contribution in [3.63, 3.8) is 0 Å². The number of hydrogen-bond donors (Lipinski definition) is 1. The molecule has 3 aromatic heterocycles. The minimum Gasteiger partial charge on any atom is -0.316 e. The number of hydrogen-bond acceptors (Lipinski definition) is 7. The van der Waals surface area contributed by atoms with Gasteiger partial charge in [0.25, 0.3) is 0 Å². The minimum absolute atomic E-state index is 0.193. The lowest BCUT2D eigenvalue weighted by Gasteiger charge is -2.04. The summed E-state index contributed by atoms with van der Waals surface area (Å²) < 4.78 is 22.9. The SMILES string of the molecule is Cc1cccnc1Nc1nc(-c2ccc(S(C)(=O)=O)cn2)cs1. The number of aromatic nitrogens is 3. The van der Waals surface area contributed by atoms with Crippen molar-refractivity contribution in [3.8, 4) is 11.4 Å². The van der Waals surface area contributed by atoms with Gasteiger partial charge in [-0.3, -0.25) is 4.98 Å². The Morgan fingerprint density at radius 3 is 2.61 bits per heavy atom. The molecule has 3 rings (SSSR count). The number of thiazole rings is 1. The molecule has 0 unspecified atom stereocenters. The number of sulfone groups is 1. The van der Waals surface area contributed by atoms with Crippen molar-refractivity contribution < 1.29 is 8.42 Å². The standard InChI is InChI=1S/C15H14N4O2S2/c1-10-4-3-7-16-14(10)19-15-18-13(9-22-15)12-6-5-11(8-17-12)23(2,20)21/h3-9H,1-2H3,(H,16,18,19). The predicted molar refractivity (Wildman–Crippen MR) is 90.7 cm³/mol. The number of pyridine rings is 2. The van der Waals surface area contributed by atoms with Crippen molar-refractivity contribution in [1.29, 1.82) is 0 Å². The van der Waals surface area contributed by atoms with Crippen molar-refractivity contribution in [2.24, 2.45) is 0 Å². The van der Waals surface area contributed by atoms with E-state index in [1.54, 1.807) is 12.3 Å². The van der Waals surface area contributed by atoms with Gasteiger partial charge >= 0.3 is 0 Å². The van der Waals surface area contributed by atoms with Gasteiger partial charge in [-0.25, -0.2) is 18.4 Å². The highest BCUT2D eigenvalue weighted by molar-refractivity contribution is 7.90. The summed E-state index contributed by atoms with van der Waals surface area (Å²) in [6, 6.07) is 7.03. The van der Waals surface area contributed by atoms with Crippen molar-refractivity contribution in [1.82, 2.24) is 15.0 Å². The van der Waals surface area contributed by atoms with E-state index in [1.165, 1.54) is 23.6 Å². The fourth-order valence-electron chi connectivity index (χ4n) is 1.92. The zero-order valence-electron chi connectivity index (χ0n) is 12.5. The van der Waals surface area contributed by atoms with Gasteiger partial charge in [-0.1, -0.05) is 6.07 Å². The highest BCUT2D eigenvalue weighted by Gasteiger charge is 2.10. The van der Waals surface area contributed by atoms with Crippen LogP contribution in [-0.2, 0) is 9.84 Å². The average molecular weight is 346 g/mol. The van der Waals surface area contributed by atoms with Gasteiger partial charge < -0.3 is 5.32 Å². The van der Waals surface area contributed by atoms with E-state index in [0.717, 1.165) is 17.6 Å². The van der Waals surface area contributed by atoms with Crippen LogP contribution in [0.1, 0.15) is 5.56 Å². The van der Waals surface area contributed by atoms with E-state index in [9.17, 15) is 8.42 Å². The lowest BCUT2D eigenvalue weighted by atomic mass is 10.3. The van der Waals surface area contributed by atoms with Gasteiger partial charge in [0.1, 0.15) is 11.5 Å². The smallest absolute Gasteiger partial charge is 0.188 e. The molecule has 0 saturated carbocycles. The summed E-state index contributed by atoms with van der Waals surface area (Å²) >= 11 is 1.44. The van der Waals surface area contributed by atoms with E-state index < -0.39 is 9.84 Å². The lowest BCUT2D eigenvalue weighted by molar-refractivity contribution is 0.601. The Morgan fingerprint density at radius 2 is 1.96 bits per heavy atom. The third kappa shape index (κ3) is 3.54. The molecule has 0 aliphatic carbocycles. The van der Waals surface area contributed by atoms with Gasteiger partial charge in [-0.2, -0.15) is 0 Å². The fraction of sp³-hybridized carbons (Fsp3) is 0.133. The van der Waals surface area contributed by atoms with Gasteiger partial charge in [0.2, 0.25) is 0 Å². The molecule has 8 heteroatoms. The Morgan fingerprint density at radius 1 is 1.13 bits per heavy atom. The molecule has 0 radical (unpaired) electrons. The summed E-state index contributed by atoms with van der Waals surface area (Å²) in [5.41, 5.74) is 2.34. The van der Waals surface area contributed by atoms with E-state index in [0.29, 0.717) is 16.5 Å². The summed E-state index contributed by atoms with van der Waals surface area (Å²) in [7, 11) is -3.24. The van der Waals surface area contributed by atoms with Crippen molar-refractivity contribution >= 4 is 32.1 Å². The first-order chi connectivity index (χ1) is 10.9. The molecule has 3 heterocycles. The molecule has 0 aromatic carbocycles. The van der Waals surface area contributed by atoms with E-state index in [2.05, 4.69) is 20.3 Å². The molecule has 0 amide bonds. The Hall–Kier alpha value is -2.32. The highest BCUT2D eigenvalue weighted by Crippen LogP contribution is 2.26. The van der Waals surface area contributed by atoms with Crippen LogP contribution < -0.4 is 5.32 Å². The van der Waals surface area contributed by atoms with E-state index in [1.807, 2.05) is 24.4 Å². The number of rotatable bonds is 4. The summed E-state index contributed by atoms with van der Waals surface area (Å²) in [5, 5.41) is 5.74. The molecule has 0 bridgehead atoms. The Bertz CT molecular complexity index is 934. The van der Waals surface area contributed by atoms with Gasteiger partial charge in [-0.05, 0) is 30.7 Å². The molecule has 0 atom stereocenters. The topological polar surface area (TPSA) is 84.8 Å². The minimum atomic E-state index is -3.24. The van der Waals surface area contributed by atoms with Crippen LogP contribution in [0.2, 0.25) is 0 Å². The van der Waals surface area contributed by atoms with Crippen LogP contribution in [0, 0.1) is 6.92 Å². The van der Waals surface area contributed by atoms with E-state index in [-0.39, 0.29) is 4.90 Å². The van der Waals surface area contributed by atoms with Crippen LogP contribution in [0.5, 0.6) is 0 Å². The molecule has 0 aliphatic rings. The summed E-state index contributed by atoms with van der Waals surface area (Å²) in [6.45, 7) is 1.97. The van der Waals surface area contributed by atoms with Crippen molar-refractivity contribution in [3.05, 3.63) is 47.6 Å². The fourth-order valence-corrected chi connectivity index (χ4v) is 3.18. The van der Waals surface area contributed by atoms with Crippen LogP contribution >= 0.6 is 11.3 Å². The average Bonchev–Trinajstić information content (AvgIpc) is 2.97. The molecular weight excluding hydrogens is 332 g/mol. The maximum atomic E-state index is 11.4. The van der Waals surface area contributed by atoms with Gasteiger partial charge in [0, 0.05) is 24.0 Å². The quantitative estimate of drug-likeness (QED) is 0.781. The van der Waals surface area contributed by atoms with Crippen molar-refractivity contribution in [2.75, 3.05) is 11.6 Å². The van der Waals surface area contributed by atoms with E-state index >= 15 is 0 Å². The molecule has 6 nitrogen and oxygen atoms in total. The van der Waals surface area contributed by atoms with Gasteiger partial charge in [0.15, 0.2) is 15.0 Å². The second kappa shape index (κ2) is 6.05. The molecule has 0 fully saturated rings. The molecule has 1 N–H and O–H groups in total. The predicted octanol–water partition coefficient (Wildman–Crippen LogP) is 3.06. The Balaban J connectivity index is 1.83. The molecule has 0 saturated heterocycles.